The lowest BCUT2D eigenvalue weighted by Crippen LogP contribution is -2.30. The zero-order valence-electron chi connectivity index (χ0n) is 9.27. The third kappa shape index (κ3) is 4.76. The molecule has 0 fully saturated rings. The molecule has 9 heteroatoms. The Labute approximate surface area is 103 Å². The Bertz CT molecular complexity index is 454. The summed E-state index contributed by atoms with van der Waals surface area (Å²) in [6, 6.07) is 1.94. The monoisotopic (exact) mass is 286 g/mol. The van der Waals surface area contributed by atoms with Crippen LogP contribution >= 0.6 is 0 Å². The van der Waals surface area contributed by atoms with Crippen LogP contribution in [0.2, 0.25) is 0 Å². The Morgan fingerprint density at radius 3 is 2.37 bits per heavy atom. The van der Waals surface area contributed by atoms with Crippen LogP contribution in [0.4, 0.5) is 26.3 Å². The van der Waals surface area contributed by atoms with E-state index in [1.165, 1.54) is 0 Å². The number of halogens is 6. The second-order valence-electron chi connectivity index (χ2n) is 3.52. The lowest BCUT2D eigenvalue weighted by atomic mass is 10.1. The number of carbonyl (C=O) groups is 1. The summed E-state index contributed by atoms with van der Waals surface area (Å²) >= 11 is 0. The number of aromatic nitrogens is 1. The van der Waals surface area contributed by atoms with Crippen molar-refractivity contribution in [1.29, 1.82) is 0 Å². The van der Waals surface area contributed by atoms with Crippen LogP contribution in [-0.2, 0) is 6.18 Å². The molecular weight excluding hydrogens is 278 g/mol. The number of carbonyl (C=O) groups excluding carboxylic acids is 1. The van der Waals surface area contributed by atoms with Crippen LogP contribution in [0.25, 0.3) is 0 Å². The summed E-state index contributed by atoms with van der Waals surface area (Å²) in [6.45, 7) is -0.797. The Morgan fingerprint density at radius 2 is 1.84 bits per heavy atom. The zero-order chi connectivity index (χ0) is 14.7. The third-order valence-corrected chi connectivity index (χ3v) is 2.01. The van der Waals surface area contributed by atoms with E-state index in [1.807, 2.05) is 0 Å². The molecule has 1 N–H and O–H groups in total. The fourth-order valence-corrected chi connectivity index (χ4v) is 1.23. The first-order valence-corrected chi connectivity index (χ1v) is 4.98. The Balaban J connectivity index is 2.78. The van der Waals surface area contributed by atoms with Crippen molar-refractivity contribution in [2.24, 2.45) is 0 Å². The zero-order valence-corrected chi connectivity index (χ0v) is 9.27. The van der Waals surface area contributed by atoms with Crippen LogP contribution in [0.3, 0.4) is 0 Å². The number of alkyl halides is 6. The fraction of sp³-hybridized carbons (Fsp3) is 0.400. The molecule has 0 radical (unpaired) electrons. The van der Waals surface area contributed by atoms with E-state index in [-0.39, 0.29) is 0 Å². The number of nitrogens with zero attached hydrogens (tertiary/aromatic N) is 1. The molecular formula is C10H8F6N2O. The van der Waals surface area contributed by atoms with Gasteiger partial charge in [-0.2, -0.15) is 26.3 Å². The van der Waals surface area contributed by atoms with Gasteiger partial charge in [-0.25, -0.2) is 0 Å². The Hall–Kier alpha value is -1.80. The van der Waals surface area contributed by atoms with Crippen molar-refractivity contribution in [3.8, 4) is 0 Å². The predicted molar refractivity (Wildman–Crippen MR) is 52.2 cm³/mol. The molecule has 0 spiro atoms. The van der Waals surface area contributed by atoms with Crippen molar-refractivity contribution in [1.82, 2.24) is 10.3 Å². The molecule has 0 saturated carbocycles. The largest absolute Gasteiger partial charge is 0.434 e. The average molecular weight is 286 g/mol. The second-order valence-corrected chi connectivity index (χ2v) is 3.52. The van der Waals surface area contributed by atoms with Gasteiger partial charge in [0.25, 0.3) is 5.91 Å². The number of amides is 1. The van der Waals surface area contributed by atoms with Gasteiger partial charge in [-0.3, -0.25) is 9.78 Å². The van der Waals surface area contributed by atoms with E-state index in [2.05, 4.69) is 4.98 Å². The summed E-state index contributed by atoms with van der Waals surface area (Å²) in [5.41, 5.74) is -2.24. The first-order chi connectivity index (χ1) is 8.61. The standard InChI is InChI=1S/C10H8F6N2O/c11-9(12,13)3-5-18-8(19)6-2-1-4-17-7(6)10(14,15)16/h1-2,4H,3,5H2,(H,18,19). The van der Waals surface area contributed by atoms with Gasteiger partial charge < -0.3 is 5.32 Å². The quantitative estimate of drug-likeness (QED) is 0.868. The van der Waals surface area contributed by atoms with Gasteiger partial charge in [0.2, 0.25) is 0 Å². The predicted octanol–water partition coefficient (Wildman–Crippen LogP) is 2.78. The van der Waals surface area contributed by atoms with Gasteiger partial charge in [-0.15, -0.1) is 0 Å². The SMILES string of the molecule is O=C(NCCC(F)(F)F)c1cccnc1C(F)(F)F. The molecule has 0 unspecified atom stereocenters. The highest BCUT2D eigenvalue weighted by Gasteiger charge is 2.37. The molecule has 1 aromatic heterocycles. The van der Waals surface area contributed by atoms with Crippen molar-refractivity contribution in [3.05, 3.63) is 29.6 Å². The highest BCUT2D eigenvalue weighted by molar-refractivity contribution is 5.95. The molecule has 1 rings (SSSR count). The lowest BCUT2D eigenvalue weighted by Gasteiger charge is -2.12. The van der Waals surface area contributed by atoms with E-state index in [0.717, 1.165) is 18.3 Å². The van der Waals surface area contributed by atoms with Crippen LogP contribution in [0.1, 0.15) is 22.5 Å². The molecule has 1 aromatic rings. The molecule has 19 heavy (non-hydrogen) atoms. The van der Waals surface area contributed by atoms with Crippen LogP contribution in [0.5, 0.6) is 0 Å². The van der Waals surface area contributed by atoms with E-state index < -0.39 is 42.5 Å². The van der Waals surface area contributed by atoms with Crippen LogP contribution in [0, 0.1) is 0 Å². The molecule has 0 bridgehead atoms. The minimum Gasteiger partial charge on any atom is -0.352 e. The second kappa shape index (κ2) is 5.45. The van der Waals surface area contributed by atoms with Crippen molar-refractivity contribution >= 4 is 5.91 Å². The summed E-state index contributed by atoms with van der Waals surface area (Å²) < 4.78 is 73.0. The maximum absolute atomic E-state index is 12.5. The van der Waals surface area contributed by atoms with E-state index in [1.54, 1.807) is 5.32 Å². The molecule has 3 nitrogen and oxygen atoms in total. The number of rotatable bonds is 3. The topological polar surface area (TPSA) is 42.0 Å². The van der Waals surface area contributed by atoms with Gasteiger partial charge in [0, 0.05) is 12.7 Å². The smallest absolute Gasteiger partial charge is 0.352 e. The normalized spacial score (nSPS) is 12.3. The van der Waals surface area contributed by atoms with Gasteiger partial charge in [-0.1, -0.05) is 0 Å². The maximum atomic E-state index is 12.5. The highest BCUT2D eigenvalue weighted by atomic mass is 19.4. The Morgan fingerprint density at radius 1 is 1.21 bits per heavy atom. The van der Waals surface area contributed by atoms with E-state index in [9.17, 15) is 31.1 Å². The number of hydrogen-bond acceptors (Lipinski definition) is 2. The molecule has 0 saturated heterocycles. The van der Waals surface area contributed by atoms with E-state index in [0.29, 0.717) is 0 Å². The molecule has 1 amide bonds. The first-order valence-electron chi connectivity index (χ1n) is 4.98. The summed E-state index contributed by atoms with van der Waals surface area (Å²) in [4.78, 5) is 14.4. The van der Waals surface area contributed by atoms with E-state index in [4.69, 9.17) is 0 Å². The lowest BCUT2D eigenvalue weighted by molar-refractivity contribution is -0.141. The highest BCUT2D eigenvalue weighted by Crippen LogP contribution is 2.30. The summed E-state index contributed by atoms with van der Waals surface area (Å²) in [6.07, 6.45) is -9.82. The molecule has 0 aromatic carbocycles. The van der Waals surface area contributed by atoms with Gasteiger partial charge in [0.1, 0.15) is 0 Å². The molecule has 0 aliphatic heterocycles. The third-order valence-electron chi connectivity index (χ3n) is 2.01. The van der Waals surface area contributed by atoms with Crippen LogP contribution in [0.15, 0.2) is 18.3 Å². The molecule has 106 valence electrons. The van der Waals surface area contributed by atoms with Crippen LogP contribution in [-0.4, -0.2) is 23.6 Å². The van der Waals surface area contributed by atoms with Gasteiger partial charge in [0.05, 0.1) is 12.0 Å². The van der Waals surface area contributed by atoms with Crippen molar-refractivity contribution < 1.29 is 31.1 Å². The fourth-order valence-electron chi connectivity index (χ4n) is 1.23. The minimum absolute atomic E-state index is 0.797. The number of nitrogens with one attached hydrogen (secondary N) is 1. The van der Waals surface area contributed by atoms with Gasteiger partial charge in [0.15, 0.2) is 5.69 Å². The maximum Gasteiger partial charge on any atom is 0.434 e. The minimum atomic E-state index is -4.85. The number of pyridine rings is 1. The number of hydrogen-bond donors (Lipinski definition) is 1. The average Bonchev–Trinajstić information content (AvgIpc) is 2.26. The molecule has 0 aliphatic carbocycles. The molecule has 1 heterocycles. The van der Waals surface area contributed by atoms with Crippen molar-refractivity contribution in [3.63, 3.8) is 0 Å². The Kier molecular flexibility index (Phi) is 4.38. The van der Waals surface area contributed by atoms with Crippen molar-refractivity contribution in [2.45, 2.75) is 18.8 Å². The van der Waals surface area contributed by atoms with E-state index >= 15 is 0 Å². The van der Waals surface area contributed by atoms with Gasteiger partial charge in [-0.05, 0) is 12.1 Å². The van der Waals surface area contributed by atoms with Gasteiger partial charge >= 0.3 is 12.4 Å². The van der Waals surface area contributed by atoms with Crippen LogP contribution < -0.4 is 5.32 Å². The van der Waals surface area contributed by atoms with Crippen molar-refractivity contribution in [2.75, 3.05) is 6.54 Å². The molecule has 0 atom stereocenters. The summed E-state index contributed by atoms with van der Waals surface area (Å²) in [7, 11) is 0. The summed E-state index contributed by atoms with van der Waals surface area (Å²) in [5, 5.41) is 1.77. The summed E-state index contributed by atoms with van der Waals surface area (Å²) in [5.74, 6) is -1.25. The first kappa shape index (κ1) is 15.3. The molecule has 0 aliphatic rings.